The average molecular weight is 314 g/mol. The molecule has 0 atom stereocenters. The van der Waals surface area contributed by atoms with Gasteiger partial charge in [-0.15, -0.1) is 0 Å². The Labute approximate surface area is 135 Å². The van der Waals surface area contributed by atoms with Crippen LogP contribution in [0.4, 0.5) is 5.69 Å². The summed E-state index contributed by atoms with van der Waals surface area (Å²) < 4.78 is 5.06. The minimum absolute atomic E-state index is 0.260. The van der Waals surface area contributed by atoms with E-state index in [0.29, 0.717) is 11.3 Å². The number of hydrogen-bond acceptors (Lipinski definition) is 3. The van der Waals surface area contributed by atoms with Crippen LogP contribution in [0.1, 0.15) is 21.5 Å². The van der Waals surface area contributed by atoms with Gasteiger partial charge in [0, 0.05) is 11.3 Å². The van der Waals surface area contributed by atoms with Crippen molar-refractivity contribution >= 4 is 28.9 Å². The van der Waals surface area contributed by atoms with Crippen molar-refractivity contribution in [3.63, 3.8) is 0 Å². The van der Waals surface area contributed by atoms with Gasteiger partial charge in [0.05, 0.1) is 7.11 Å². The van der Waals surface area contributed by atoms with Crippen LogP contribution in [0.25, 0.3) is 0 Å². The zero-order valence-corrected chi connectivity index (χ0v) is 13.6. The second kappa shape index (κ2) is 7.04. The van der Waals surface area contributed by atoms with Gasteiger partial charge < -0.3 is 10.1 Å². The van der Waals surface area contributed by atoms with Gasteiger partial charge in [0.15, 0.2) is 5.11 Å². The van der Waals surface area contributed by atoms with Crippen molar-refractivity contribution in [2.45, 2.75) is 13.8 Å². The van der Waals surface area contributed by atoms with E-state index >= 15 is 0 Å². The second-order valence-corrected chi connectivity index (χ2v) is 5.34. The number of rotatable bonds is 3. The fraction of sp³-hybridized carbons (Fsp3) is 0.176. The van der Waals surface area contributed by atoms with Gasteiger partial charge in [-0.1, -0.05) is 6.07 Å². The highest BCUT2D eigenvalue weighted by Gasteiger charge is 2.08. The number of aryl methyl sites for hydroxylation is 2. The first kappa shape index (κ1) is 16.0. The Morgan fingerprint density at radius 1 is 1.05 bits per heavy atom. The number of amides is 1. The molecule has 0 saturated carbocycles. The summed E-state index contributed by atoms with van der Waals surface area (Å²) in [7, 11) is 1.58. The summed E-state index contributed by atoms with van der Waals surface area (Å²) in [6.07, 6.45) is 0. The summed E-state index contributed by atoms with van der Waals surface area (Å²) in [6.45, 7) is 4.07. The molecule has 0 bridgehead atoms. The number of carbonyl (C=O) groups excluding carboxylic acids is 1. The number of benzene rings is 2. The maximum Gasteiger partial charge on any atom is 0.257 e. The third-order valence-corrected chi connectivity index (χ3v) is 3.55. The highest BCUT2D eigenvalue weighted by atomic mass is 32.1. The number of methoxy groups -OCH3 is 1. The molecule has 22 heavy (non-hydrogen) atoms. The fourth-order valence-corrected chi connectivity index (χ4v) is 2.11. The Morgan fingerprint density at radius 2 is 1.73 bits per heavy atom. The number of anilines is 1. The molecule has 0 spiro atoms. The third kappa shape index (κ3) is 4.05. The van der Waals surface area contributed by atoms with E-state index in [0.717, 1.165) is 11.3 Å². The Bertz CT molecular complexity index is 696. The van der Waals surface area contributed by atoms with Crippen molar-refractivity contribution in [1.82, 2.24) is 5.32 Å². The summed E-state index contributed by atoms with van der Waals surface area (Å²) in [5.41, 5.74) is 3.74. The lowest BCUT2D eigenvalue weighted by molar-refractivity contribution is 0.0977. The van der Waals surface area contributed by atoms with Crippen LogP contribution in [0, 0.1) is 13.8 Å². The summed E-state index contributed by atoms with van der Waals surface area (Å²) >= 11 is 5.17. The lowest BCUT2D eigenvalue weighted by Crippen LogP contribution is -2.34. The van der Waals surface area contributed by atoms with Crippen LogP contribution in [0.2, 0.25) is 0 Å². The first-order chi connectivity index (χ1) is 10.5. The quantitative estimate of drug-likeness (QED) is 0.852. The number of nitrogens with one attached hydrogen (secondary N) is 2. The van der Waals surface area contributed by atoms with Crippen LogP contribution >= 0.6 is 12.2 Å². The van der Waals surface area contributed by atoms with E-state index in [1.165, 1.54) is 5.56 Å². The molecule has 0 aliphatic rings. The van der Waals surface area contributed by atoms with Gasteiger partial charge in [-0.05, 0) is 73.6 Å². The Morgan fingerprint density at radius 3 is 2.32 bits per heavy atom. The standard InChI is InChI=1S/C17H18N2O2S/c1-11-4-7-14(10-12(11)2)18-17(22)19-16(20)13-5-8-15(21-3)9-6-13/h4-10H,1-3H3,(H2,18,19,20,22). The van der Waals surface area contributed by atoms with Crippen molar-refractivity contribution in [1.29, 1.82) is 0 Å². The van der Waals surface area contributed by atoms with Crippen molar-refractivity contribution in [2.75, 3.05) is 12.4 Å². The molecule has 0 saturated heterocycles. The van der Waals surface area contributed by atoms with Gasteiger partial charge >= 0.3 is 0 Å². The van der Waals surface area contributed by atoms with Crippen molar-refractivity contribution < 1.29 is 9.53 Å². The maximum absolute atomic E-state index is 12.1. The molecule has 2 aromatic rings. The van der Waals surface area contributed by atoms with Crippen molar-refractivity contribution in [2.24, 2.45) is 0 Å². The predicted octanol–water partition coefficient (Wildman–Crippen LogP) is 3.44. The Hall–Kier alpha value is -2.40. The van der Waals surface area contributed by atoms with Gasteiger partial charge in [-0.25, -0.2) is 0 Å². The average Bonchev–Trinajstić information content (AvgIpc) is 2.51. The van der Waals surface area contributed by atoms with Crippen LogP contribution in [-0.4, -0.2) is 18.1 Å². The molecule has 5 heteroatoms. The first-order valence-electron chi connectivity index (χ1n) is 6.83. The second-order valence-electron chi connectivity index (χ2n) is 4.94. The normalized spacial score (nSPS) is 9.95. The first-order valence-corrected chi connectivity index (χ1v) is 7.24. The molecule has 2 aromatic carbocycles. The summed E-state index contributed by atoms with van der Waals surface area (Å²) in [5, 5.41) is 5.93. The molecule has 4 nitrogen and oxygen atoms in total. The van der Waals surface area contributed by atoms with Gasteiger partial charge in [-0.2, -0.15) is 0 Å². The molecule has 114 valence electrons. The van der Waals surface area contributed by atoms with Crippen molar-refractivity contribution in [3.8, 4) is 5.75 Å². The van der Waals surface area contributed by atoms with Crippen LogP contribution in [-0.2, 0) is 0 Å². The van der Waals surface area contributed by atoms with Crippen LogP contribution in [0.5, 0.6) is 5.75 Å². The summed E-state index contributed by atoms with van der Waals surface area (Å²) in [5.74, 6) is 0.441. The van der Waals surface area contributed by atoms with Crippen molar-refractivity contribution in [3.05, 3.63) is 59.2 Å². The van der Waals surface area contributed by atoms with Gasteiger partial charge in [0.2, 0.25) is 0 Å². The number of ether oxygens (including phenoxy) is 1. The van der Waals surface area contributed by atoms with Gasteiger partial charge in [-0.3, -0.25) is 10.1 Å². The molecule has 0 heterocycles. The minimum atomic E-state index is -0.260. The van der Waals surface area contributed by atoms with Gasteiger partial charge in [0.25, 0.3) is 5.91 Å². The predicted molar refractivity (Wildman–Crippen MR) is 92.6 cm³/mol. The van der Waals surface area contributed by atoms with E-state index in [2.05, 4.69) is 10.6 Å². The molecular weight excluding hydrogens is 296 g/mol. The summed E-state index contributed by atoms with van der Waals surface area (Å²) in [6, 6.07) is 12.8. The largest absolute Gasteiger partial charge is 0.497 e. The molecule has 2 N–H and O–H groups in total. The fourth-order valence-electron chi connectivity index (χ4n) is 1.90. The molecule has 0 fully saturated rings. The molecule has 0 aliphatic carbocycles. The number of thiocarbonyl (C=S) groups is 1. The molecule has 0 unspecified atom stereocenters. The minimum Gasteiger partial charge on any atom is -0.497 e. The summed E-state index contributed by atoms with van der Waals surface area (Å²) in [4.78, 5) is 12.1. The smallest absolute Gasteiger partial charge is 0.257 e. The topological polar surface area (TPSA) is 50.4 Å². The van der Waals surface area contributed by atoms with Gasteiger partial charge in [0.1, 0.15) is 5.75 Å². The lowest BCUT2D eigenvalue weighted by Gasteiger charge is -2.11. The highest BCUT2D eigenvalue weighted by Crippen LogP contribution is 2.14. The molecule has 2 rings (SSSR count). The molecule has 0 aromatic heterocycles. The van der Waals surface area contributed by atoms with Crippen LogP contribution < -0.4 is 15.4 Å². The van der Waals surface area contributed by atoms with E-state index in [9.17, 15) is 4.79 Å². The molecule has 0 radical (unpaired) electrons. The third-order valence-electron chi connectivity index (χ3n) is 3.34. The van der Waals surface area contributed by atoms with E-state index in [1.807, 2.05) is 32.0 Å². The highest BCUT2D eigenvalue weighted by molar-refractivity contribution is 7.80. The molecular formula is C17H18N2O2S. The number of hydrogen-bond donors (Lipinski definition) is 2. The molecule has 1 amide bonds. The van der Waals surface area contributed by atoms with E-state index < -0.39 is 0 Å². The van der Waals surface area contributed by atoms with Crippen LogP contribution in [0.3, 0.4) is 0 Å². The van der Waals surface area contributed by atoms with E-state index in [1.54, 1.807) is 31.4 Å². The Kier molecular flexibility index (Phi) is 5.12. The van der Waals surface area contributed by atoms with E-state index in [4.69, 9.17) is 17.0 Å². The zero-order chi connectivity index (χ0) is 16.1. The van der Waals surface area contributed by atoms with E-state index in [-0.39, 0.29) is 11.0 Å². The van der Waals surface area contributed by atoms with Crippen LogP contribution in [0.15, 0.2) is 42.5 Å². The molecule has 0 aliphatic heterocycles. The lowest BCUT2D eigenvalue weighted by atomic mass is 10.1. The SMILES string of the molecule is COc1ccc(C(=O)NC(=S)Nc2ccc(C)c(C)c2)cc1. The Balaban J connectivity index is 1.98. The zero-order valence-electron chi connectivity index (χ0n) is 12.8. The number of carbonyl (C=O) groups is 1. The monoisotopic (exact) mass is 314 g/mol. The maximum atomic E-state index is 12.1.